The molecule has 1 aromatic heterocycles. The van der Waals surface area contributed by atoms with Gasteiger partial charge in [-0.1, -0.05) is 0 Å². The summed E-state index contributed by atoms with van der Waals surface area (Å²) in [6.45, 7) is 11.4. The van der Waals surface area contributed by atoms with Crippen molar-refractivity contribution in [1.29, 1.82) is 0 Å². The zero-order valence-corrected chi connectivity index (χ0v) is 17.0. The van der Waals surface area contributed by atoms with Gasteiger partial charge in [-0.15, -0.1) is 11.3 Å². The summed E-state index contributed by atoms with van der Waals surface area (Å²) in [5.41, 5.74) is 1.68. The van der Waals surface area contributed by atoms with Gasteiger partial charge in [-0.25, -0.2) is 4.98 Å². The molecule has 6 heteroatoms. The molecule has 0 fully saturated rings. The van der Waals surface area contributed by atoms with Crippen molar-refractivity contribution < 1.29 is 14.3 Å². The van der Waals surface area contributed by atoms with Crippen LogP contribution in [-0.4, -0.2) is 40.3 Å². The van der Waals surface area contributed by atoms with Gasteiger partial charge in [-0.2, -0.15) is 0 Å². The first-order valence-corrected chi connectivity index (χ1v) is 9.55. The van der Waals surface area contributed by atoms with Crippen LogP contribution in [-0.2, 0) is 4.79 Å². The van der Waals surface area contributed by atoms with Gasteiger partial charge in [0, 0.05) is 24.6 Å². The summed E-state index contributed by atoms with van der Waals surface area (Å²) >= 11 is 1.39. The third kappa shape index (κ3) is 4.69. The first kappa shape index (κ1) is 20.1. The van der Waals surface area contributed by atoms with E-state index in [1.54, 1.807) is 6.92 Å². The van der Waals surface area contributed by atoms with E-state index in [9.17, 15) is 9.59 Å². The van der Waals surface area contributed by atoms with E-state index in [4.69, 9.17) is 4.74 Å². The highest BCUT2D eigenvalue weighted by Gasteiger charge is 2.20. The van der Waals surface area contributed by atoms with Crippen LogP contribution in [0.4, 0.5) is 0 Å². The Morgan fingerprint density at radius 2 is 1.69 bits per heavy atom. The van der Waals surface area contributed by atoms with Gasteiger partial charge in [0.25, 0.3) is 5.91 Å². The summed E-state index contributed by atoms with van der Waals surface area (Å²) in [5.74, 6) is 0.639. The number of thiazole rings is 1. The second-order valence-electron chi connectivity index (χ2n) is 6.79. The zero-order valence-electron chi connectivity index (χ0n) is 16.2. The van der Waals surface area contributed by atoms with Gasteiger partial charge in [0.1, 0.15) is 10.8 Å². The lowest BCUT2D eigenvalue weighted by Gasteiger charge is -2.30. The minimum absolute atomic E-state index is 0.0144. The molecule has 1 aromatic carbocycles. The van der Waals surface area contributed by atoms with Crippen LogP contribution in [0.2, 0.25) is 0 Å². The zero-order chi connectivity index (χ0) is 19.4. The number of hydrogen-bond acceptors (Lipinski definition) is 5. The largest absolute Gasteiger partial charge is 0.484 e. The van der Waals surface area contributed by atoms with Crippen molar-refractivity contribution in [3.05, 3.63) is 34.8 Å². The summed E-state index contributed by atoms with van der Waals surface area (Å²) < 4.78 is 5.64. The number of aromatic nitrogens is 1. The highest BCUT2D eigenvalue weighted by molar-refractivity contribution is 7.17. The minimum Gasteiger partial charge on any atom is -0.484 e. The lowest BCUT2D eigenvalue weighted by molar-refractivity contribution is -0.136. The van der Waals surface area contributed by atoms with Gasteiger partial charge in [-0.3, -0.25) is 9.59 Å². The van der Waals surface area contributed by atoms with E-state index >= 15 is 0 Å². The molecule has 140 valence electrons. The Morgan fingerprint density at radius 1 is 1.12 bits per heavy atom. The second kappa shape index (κ2) is 8.45. The molecule has 0 saturated carbocycles. The molecule has 0 unspecified atom stereocenters. The van der Waals surface area contributed by atoms with Gasteiger partial charge in [0.05, 0.1) is 10.6 Å². The number of aryl methyl sites for hydroxylation is 1. The third-order valence-corrected chi connectivity index (χ3v) is 5.29. The number of carbonyl (C=O) groups excluding carboxylic acids is 2. The fraction of sp³-hybridized carbons (Fsp3) is 0.450. The molecule has 0 aliphatic carbocycles. The van der Waals surface area contributed by atoms with E-state index in [1.165, 1.54) is 11.3 Å². The second-order valence-corrected chi connectivity index (χ2v) is 7.79. The molecule has 2 rings (SSSR count). The molecule has 1 amide bonds. The molecule has 0 saturated heterocycles. The Bertz CT molecular complexity index is 771. The number of Topliss-reactive ketones (excluding diaryl/α,β-unsaturated/α-hetero) is 1. The van der Waals surface area contributed by atoms with Crippen LogP contribution in [0.15, 0.2) is 24.3 Å². The molecule has 0 spiro atoms. The molecule has 0 N–H and O–H groups in total. The summed E-state index contributed by atoms with van der Waals surface area (Å²) in [6.07, 6.45) is 0. The standard InChI is InChI=1S/C20H26N2O3S/c1-12(2)22(13(3)4)18(24)11-25-17-9-7-16(8-10-17)20-21-14(5)19(26-20)15(6)23/h7-10,12-13H,11H2,1-6H3. The number of nitrogens with zero attached hydrogens (tertiary/aromatic N) is 2. The molecule has 0 bridgehead atoms. The monoisotopic (exact) mass is 374 g/mol. The minimum atomic E-state index is -0.0271. The van der Waals surface area contributed by atoms with E-state index in [0.29, 0.717) is 10.6 Å². The maximum Gasteiger partial charge on any atom is 0.260 e. The van der Waals surface area contributed by atoms with Crippen LogP contribution >= 0.6 is 11.3 Å². The molecule has 0 atom stereocenters. The van der Waals surface area contributed by atoms with Crippen LogP contribution in [0.3, 0.4) is 0 Å². The summed E-state index contributed by atoms with van der Waals surface area (Å²) in [7, 11) is 0. The van der Waals surface area contributed by atoms with Crippen molar-refractivity contribution in [3.63, 3.8) is 0 Å². The molecule has 26 heavy (non-hydrogen) atoms. The number of ketones is 1. The average molecular weight is 375 g/mol. The molecule has 5 nitrogen and oxygen atoms in total. The fourth-order valence-corrected chi connectivity index (χ4v) is 3.90. The van der Waals surface area contributed by atoms with E-state index in [0.717, 1.165) is 16.3 Å². The third-order valence-electron chi connectivity index (χ3n) is 3.98. The van der Waals surface area contributed by atoms with Gasteiger partial charge in [0.2, 0.25) is 0 Å². The number of hydrogen-bond donors (Lipinski definition) is 0. The van der Waals surface area contributed by atoms with Gasteiger partial charge in [0.15, 0.2) is 12.4 Å². The van der Waals surface area contributed by atoms with Crippen LogP contribution in [0.25, 0.3) is 10.6 Å². The smallest absolute Gasteiger partial charge is 0.260 e. The number of ether oxygens (including phenoxy) is 1. The first-order valence-electron chi connectivity index (χ1n) is 8.73. The Balaban J connectivity index is 2.05. The van der Waals surface area contributed by atoms with Crippen molar-refractivity contribution in [2.75, 3.05) is 6.61 Å². The van der Waals surface area contributed by atoms with Crippen molar-refractivity contribution >= 4 is 23.0 Å². The Kier molecular flexibility index (Phi) is 6.53. The SMILES string of the molecule is CC(=O)c1sc(-c2ccc(OCC(=O)N(C(C)C)C(C)C)cc2)nc1C. The lowest BCUT2D eigenvalue weighted by atomic mass is 10.2. The van der Waals surface area contributed by atoms with Crippen LogP contribution < -0.4 is 4.74 Å². The first-order chi connectivity index (χ1) is 12.2. The molecule has 2 aromatic rings. The predicted molar refractivity (Wildman–Crippen MR) is 105 cm³/mol. The van der Waals surface area contributed by atoms with Gasteiger partial charge < -0.3 is 9.64 Å². The number of benzene rings is 1. The lowest BCUT2D eigenvalue weighted by Crippen LogP contribution is -2.44. The van der Waals surface area contributed by atoms with E-state index in [-0.39, 0.29) is 30.4 Å². The molecule has 1 heterocycles. The number of rotatable bonds is 7. The highest BCUT2D eigenvalue weighted by Crippen LogP contribution is 2.29. The Labute approximate surface area is 159 Å². The maximum atomic E-state index is 12.4. The molecule has 0 aliphatic heterocycles. The molecule has 0 aliphatic rings. The van der Waals surface area contributed by atoms with Crippen molar-refractivity contribution in [3.8, 4) is 16.3 Å². The van der Waals surface area contributed by atoms with Crippen LogP contribution in [0.5, 0.6) is 5.75 Å². The van der Waals surface area contributed by atoms with Gasteiger partial charge in [-0.05, 0) is 58.9 Å². The number of amides is 1. The van der Waals surface area contributed by atoms with E-state index < -0.39 is 0 Å². The topological polar surface area (TPSA) is 59.5 Å². The maximum absolute atomic E-state index is 12.4. The summed E-state index contributed by atoms with van der Waals surface area (Å²) in [6, 6.07) is 7.70. The molecular formula is C20H26N2O3S. The average Bonchev–Trinajstić information content (AvgIpc) is 2.95. The Hall–Kier alpha value is -2.21. The fourth-order valence-electron chi connectivity index (χ4n) is 2.93. The van der Waals surface area contributed by atoms with Crippen LogP contribution in [0, 0.1) is 6.92 Å². The van der Waals surface area contributed by atoms with Crippen LogP contribution in [0.1, 0.15) is 50.0 Å². The Morgan fingerprint density at radius 3 is 2.15 bits per heavy atom. The van der Waals surface area contributed by atoms with Crippen molar-refractivity contribution in [1.82, 2.24) is 9.88 Å². The quantitative estimate of drug-likeness (QED) is 0.676. The molecule has 0 radical (unpaired) electrons. The van der Waals surface area contributed by atoms with Crippen molar-refractivity contribution in [2.45, 2.75) is 53.6 Å². The normalized spacial score (nSPS) is 11.1. The van der Waals surface area contributed by atoms with Gasteiger partial charge >= 0.3 is 0 Å². The summed E-state index contributed by atoms with van der Waals surface area (Å²) in [5, 5.41) is 0.807. The van der Waals surface area contributed by atoms with E-state index in [1.807, 2.05) is 63.8 Å². The molecular weight excluding hydrogens is 348 g/mol. The summed E-state index contributed by atoms with van der Waals surface area (Å²) in [4.78, 5) is 30.9. The highest BCUT2D eigenvalue weighted by atomic mass is 32.1. The van der Waals surface area contributed by atoms with Crippen molar-refractivity contribution in [2.24, 2.45) is 0 Å². The van der Waals surface area contributed by atoms with E-state index in [2.05, 4.69) is 4.98 Å². The number of carbonyl (C=O) groups is 2. The predicted octanol–water partition coefficient (Wildman–Crippen LogP) is 4.35.